The van der Waals surface area contributed by atoms with E-state index in [0.29, 0.717) is 17.9 Å². The number of amides is 1. The normalized spacial score (nSPS) is 16.7. The van der Waals surface area contributed by atoms with Gasteiger partial charge in [-0.15, -0.1) is 0 Å². The van der Waals surface area contributed by atoms with Gasteiger partial charge in [0.2, 0.25) is 0 Å². The molecule has 0 bridgehead atoms. The van der Waals surface area contributed by atoms with E-state index >= 15 is 0 Å². The van der Waals surface area contributed by atoms with Gasteiger partial charge in [-0.2, -0.15) is 0 Å². The fourth-order valence-electron chi connectivity index (χ4n) is 2.87. The molecule has 1 amide bonds. The predicted molar refractivity (Wildman–Crippen MR) is 92.3 cm³/mol. The van der Waals surface area contributed by atoms with Gasteiger partial charge in [-0.3, -0.25) is 4.79 Å². The lowest BCUT2D eigenvalue weighted by atomic mass is 10.1. The number of likely N-dealkylation sites (N-methyl/N-ethyl adjacent to an activating group) is 1. The fraction of sp³-hybridized carbons (Fsp3) is 0.444. The number of benzene rings is 1. The number of rotatable bonds is 6. The number of para-hydroxylation sites is 1. The van der Waals surface area contributed by atoms with Crippen molar-refractivity contribution in [2.24, 2.45) is 0 Å². The number of nitrogens with one attached hydrogen (secondary N) is 1. The lowest BCUT2D eigenvalue weighted by molar-refractivity contribution is 0.0923. The van der Waals surface area contributed by atoms with Crippen LogP contribution in [0.15, 0.2) is 36.7 Å². The largest absolute Gasteiger partial charge is 0.491 e. The third-order valence-electron chi connectivity index (χ3n) is 4.20. The van der Waals surface area contributed by atoms with Crippen LogP contribution in [0.1, 0.15) is 22.6 Å². The van der Waals surface area contributed by atoms with Gasteiger partial charge in [0.15, 0.2) is 0 Å². The van der Waals surface area contributed by atoms with E-state index in [1.54, 1.807) is 0 Å². The van der Waals surface area contributed by atoms with Crippen LogP contribution in [0.3, 0.4) is 0 Å². The summed E-state index contributed by atoms with van der Waals surface area (Å²) in [6, 6.07) is 7.53. The van der Waals surface area contributed by atoms with Crippen LogP contribution >= 0.6 is 0 Å². The van der Waals surface area contributed by atoms with E-state index in [1.165, 1.54) is 0 Å². The van der Waals surface area contributed by atoms with Gasteiger partial charge in [-0.1, -0.05) is 12.1 Å². The van der Waals surface area contributed by atoms with Crippen LogP contribution in [0.5, 0.6) is 5.75 Å². The standard InChI is InChI=1S/C18H24N4O2/c1-21(2)11-12-24-16-6-4-3-5-15(16)18(23)20-14-7-8-17-19-9-10-22(17)13-14/h3-6,9-10,14H,7-8,11-13H2,1-2H3,(H,20,23). The van der Waals surface area contributed by atoms with Gasteiger partial charge in [0.1, 0.15) is 18.2 Å². The molecule has 1 atom stereocenters. The predicted octanol–water partition coefficient (Wildman–Crippen LogP) is 1.57. The Kier molecular flexibility index (Phi) is 5.15. The van der Waals surface area contributed by atoms with Gasteiger partial charge in [-0.05, 0) is 32.6 Å². The van der Waals surface area contributed by atoms with E-state index < -0.39 is 0 Å². The molecule has 128 valence electrons. The quantitative estimate of drug-likeness (QED) is 0.874. The molecule has 24 heavy (non-hydrogen) atoms. The zero-order valence-electron chi connectivity index (χ0n) is 14.2. The summed E-state index contributed by atoms with van der Waals surface area (Å²) in [5.74, 6) is 1.65. The van der Waals surface area contributed by atoms with Crippen molar-refractivity contribution in [3.05, 3.63) is 48.0 Å². The molecule has 1 unspecified atom stereocenters. The number of imidazole rings is 1. The molecule has 6 heteroatoms. The van der Waals surface area contributed by atoms with E-state index in [2.05, 4.69) is 14.9 Å². The highest BCUT2D eigenvalue weighted by molar-refractivity contribution is 5.97. The van der Waals surface area contributed by atoms with Gasteiger partial charge in [0.05, 0.1) is 5.56 Å². The molecule has 1 aromatic heterocycles. The van der Waals surface area contributed by atoms with Crippen LogP contribution in [0, 0.1) is 0 Å². The van der Waals surface area contributed by atoms with Crippen molar-refractivity contribution in [1.29, 1.82) is 0 Å². The summed E-state index contributed by atoms with van der Waals surface area (Å²) in [7, 11) is 3.99. The fourth-order valence-corrected chi connectivity index (χ4v) is 2.87. The lowest BCUT2D eigenvalue weighted by Crippen LogP contribution is -2.41. The lowest BCUT2D eigenvalue weighted by Gasteiger charge is -2.25. The second kappa shape index (κ2) is 7.49. The smallest absolute Gasteiger partial charge is 0.255 e. The Morgan fingerprint density at radius 2 is 2.25 bits per heavy atom. The number of hydrogen-bond donors (Lipinski definition) is 1. The highest BCUT2D eigenvalue weighted by atomic mass is 16.5. The molecule has 6 nitrogen and oxygen atoms in total. The minimum atomic E-state index is -0.0796. The summed E-state index contributed by atoms with van der Waals surface area (Å²) >= 11 is 0. The maximum atomic E-state index is 12.7. The molecule has 0 saturated heterocycles. The number of carbonyl (C=O) groups is 1. The van der Waals surface area contributed by atoms with Crippen molar-refractivity contribution in [3.63, 3.8) is 0 Å². The Labute approximate surface area is 142 Å². The molecule has 1 aromatic carbocycles. The van der Waals surface area contributed by atoms with Crippen LogP contribution in [0.4, 0.5) is 0 Å². The third-order valence-corrected chi connectivity index (χ3v) is 4.20. The molecule has 1 aliphatic rings. The van der Waals surface area contributed by atoms with Gasteiger partial charge >= 0.3 is 0 Å². The topological polar surface area (TPSA) is 59.4 Å². The van der Waals surface area contributed by atoms with Crippen molar-refractivity contribution in [2.45, 2.75) is 25.4 Å². The van der Waals surface area contributed by atoms with E-state index in [-0.39, 0.29) is 11.9 Å². The second-order valence-electron chi connectivity index (χ2n) is 6.35. The zero-order valence-corrected chi connectivity index (χ0v) is 14.2. The Hall–Kier alpha value is -2.34. The van der Waals surface area contributed by atoms with Crippen LogP contribution in [0.2, 0.25) is 0 Å². The molecule has 1 aliphatic heterocycles. The second-order valence-corrected chi connectivity index (χ2v) is 6.35. The van der Waals surface area contributed by atoms with E-state index in [1.807, 2.05) is 55.7 Å². The SMILES string of the molecule is CN(C)CCOc1ccccc1C(=O)NC1CCc2nccn2C1. The molecule has 2 heterocycles. The highest BCUT2D eigenvalue weighted by Crippen LogP contribution is 2.19. The summed E-state index contributed by atoms with van der Waals surface area (Å²) in [5.41, 5.74) is 0.590. The summed E-state index contributed by atoms with van der Waals surface area (Å²) in [6.45, 7) is 2.13. The minimum absolute atomic E-state index is 0.0796. The molecule has 0 fully saturated rings. The van der Waals surface area contributed by atoms with Crippen molar-refractivity contribution in [3.8, 4) is 5.75 Å². The number of fused-ring (bicyclic) bond motifs is 1. The maximum absolute atomic E-state index is 12.7. The molecule has 0 radical (unpaired) electrons. The van der Waals surface area contributed by atoms with Crippen molar-refractivity contribution >= 4 is 5.91 Å². The highest BCUT2D eigenvalue weighted by Gasteiger charge is 2.22. The van der Waals surface area contributed by atoms with Gasteiger partial charge in [-0.25, -0.2) is 4.98 Å². The Bertz CT molecular complexity index is 696. The molecule has 1 N–H and O–H groups in total. The first-order valence-corrected chi connectivity index (χ1v) is 8.31. The summed E-state index contributed by atoms with van der Waals surface area (Å²) in [5, 5.41) is 3.13. The first-order valence-electron chi connectivity index (χ1n) is 8.31. The molecular weight excluding hydrogens is 304 g/mol. The zero-order chi connectivity index (χ0) is 16.9. The third kappa shape index (κ3) is 3.94. The number of aromatic nitrogens is 2. The van der Waals surface area contributed by atoms with Crippen LogP contribution in [-0.2, 0) is 13.0 Å². The molecule has 0 aliphatic carbocycles. The first kappa shape index (κ1) is 16.5. The summed E-state index contributed by atoms with van der Waals surface area (Å²) in [6.07, 6.45) is 5.57. The van der Waals surface area contributed by atoms with E-state index in [4.69, 9.17) is 4.74 Å². The van der Waals surface area contributed by atoms with E-state index in [0.717, 1.165) is 31.8 Å². The van der Waals surface area contributed by atoms with Crippen molar-refractivity contribution < 1.29 is 9.53 Å². The maximum Gasteiger partial charge on any atom is 0.255 e. The Balaban J connectivity index is 1.63. The van der Waals surface area contributed by atoms with Crippen molar-refractivity contribution in [2.75, 3.05) is 27.2 Å². The van der Waals surface area contributed by atoms with Crippen molar-refractivity contribution in [1.82, 2.24) is 19.8 Å². The van der Waals surface area contributed by atoms with Crippen LogP contribution < -0.4 is 10.1 Å². The average molecular weight is 328 g/mol. The monoisotopic (exact) mass is 328 g/mol. The number of ether oxygens (including phenoxy) is 1. The first-order chi connectivity index (χ1) is 11.6. The van der Waals surface area contributed by atoms with Gasteiger partial charge < -0.3 is 19.5 Å². The van der Waals surface area contributed by atoms with E-state index in [9.17, 15) is 4.79 Å². The van der Waals surface area contributed by atoms with Crippen LogP contribution in [0.25, 0.3) is 0 Å². The number of hydrogen-bond acceptors (Lipinski definition) is 4. The summed E-state index contributed by atoms with van der Waals surface area (Å²) < 4.78 is 7.89. The number of aryl methyl sites for hydroxylation is 1. The van der Waals surface area contributed by atoms with Gasteiger partial charge in [0.25, 0.3) is 5.91 Å². The minimum Gasteiger partial charge on any atom is -0.491 e. The number of carbonyl (C=O) groups excluding carboxylic acids is 1. The average Bonchev–Trinajstić information content (AvgIpc) is 3.02. The summed E-state index contributed by atoms with van der Waals surface area (Å²) in [4.78, 5) is 19.0. The molecule has 0 saturated carbocycles. The Morgan fingerprint density at radius 3 is 3.08 bits per heavy atom. The van der Waals surface area contributed by atoms with Crippen LogP contribution in [-0.4, -0.2) is 53.6 Å². The molecule has 0 spiro atoms. The molecule has 2 aromatic rings. The van der Waals surface area contributed by atoms with Gasteiger partial charge in [0, 0.05) is 37.9 Å². The molecular formula is C18H24N4O2. The number of nitrogens with zero attached hydrogens (tertiary/aromatic N) is 3. The Morgan fingerprint density at radius 1 is 1.42 bits per heavy atom. The molecule has 3 rings (SSSR count).